The van der Waals surface area contributed by atoms with Crippen LogP contribution in [0.2, 0.25) is 0 Å². The molecule has 2 rings (SSSR count). The van der Waals surface area contributed by atoms with Crippen molar-refractivity contribution >= 4 is 29.9 Å². The lowest BCUT2D eigenvalue weighted by Crippen LogP contribution is -2.46. The quantitative estimate of drug-likeness (QED) is 0.333. The molecule has 1 saturated carbocycles. The molecule has 0 radical (unpaired) electrons. The minimum absolute atomic E-state index is 0. The van der Waals surface area contributed by atoms with Crippen molar-refractivity contribution in [1.29, 1.82) is 0 Å². The molecule has 0 spiro atoms. The fourth-order valence-electron chi connectivity index (χ4n) is 3.29. The van der Waals surface area contributed by atoms with E-state index >= 15 is 0 Å². The molecule has 1 aliphatic rings. The van der Waals surface area contributed by atoms with E-state index in [1.54, 1.807) is 14.2 Å². The second-order valence-electron chi connectivity index (χ2n) is 6.59. The summed E-state index contributed by atoms with van der Waals surface area (Å²) in [6.07, 6.45) is -2.56. The largest absolute Gasteiger partial charge is 0.493 e. The molecule has 0 amide bonds. The molecule has 0 saturated heterocycles. The van der Waals surface area contributed by atoms with E-state index < -0.39 is 12.1 Å². The van der Waals surface area contributed by atoms with Crippen molar-refractivity contribution in [2.24, 2.45) is 10.9 Å². The van der Waals surface area contributed by atoms with Crippen LogP contribution in [0.15, 0.2) is 23.2 Å². The van der Waals surface area contributed by atoms with Gasteiger partial charge in [0.15, 0.2) is 17.5 Å². The molecule has 9 heteroatoms. The van der Waals surface area contributed by atoms with Crippen LogP contribution in [0.25, 0.3) is 0 Å². The van der Waals surface area contributed by atoms with Crippen LogP contribution in [0.4, 0.5) is 13.2 Å². The maximum atomic E-state index is 13.0. The summed E-state index contributed by atoms with van der Waals surface area (Å²) in [5.41, 5.74) is 0.957. The van der Waals surface area contributed by atoms with E-state index in [9.17, 15) is 13.2 Å². The van der Waals surface area contributed by atoms with E-state index in [2.05, 4.69) is 15.6 Å². The maximum Gasteiger partial charge on any atom is 0.391 e. The Morgan fingerprint density at radius 3 is 2.61 bits per heavy atom. The fourth-order valence-corrected chi connectivity index (χ4v) is 3.29. The van der Waals surface area contributed by atoms with Crippen molar-refractivity contribution in [1.82, 2.24) is 10.6 Å². The first kappa shape index (κ1) is 24.6. The third kappa shape index (κ3) is 7.21. The number of hydrogen-bond acceptors (Lipinski definition) is 3. The van der Waals surface area contributed by atoms with Crippen LogP contribution in [0.5, 0.6) is 11.5 Å². The molecule has 0 bridgehead atoms. The zero-order valence-corrected chi connectivity index (χ0v) is 18.8. The number of ether oxygens (including phenoxy) is 2. The Balaban J connectivity index is 0.00000392. The van der Waals surface area contributed by atoms with Crippen molar-refractivity contribution in [3.05, 3.63) is 23.8 Å². The average Bonchev–Trinajstić information content (AvgIpc) is 2.65. The van der Waals surface area contributed by atoms with Crippen molar-refractivity contribution in [3.63, 3.8) is 0 Å². The summed E-state index contributed by atoms with van der Waals surface area (Å²) in [6, 6.07) is 5.38. The van der Waals surface area contributed by atoms with Crippen molar-refractivity contribution in [2.75, 3.05) is 20.8 Å². The van der Waals surface area contributed by atoms with Gasteiger partial charge in [0.05, 0.1) is 19.6 Å². The van der Waals surface area contributed by atoms with Gasteiger partial charge in [-0.05, 0) is 43.9 Å². The number of methoxy groups -OCH3 is 1. The SMILES string of the molecule is CCOc1cc(CNC(=NC)NC2CCCC(C(F)(F)F)C2)ccc1OC.I. The lowest BCUT2D eigenvalue weighted by atomic mass is 9.85. The van der Waals surface area contributed by atoms with Crippen LogP contribution in [0.1, 0.15) is 38.2 Å². The summed E-state index contributed by atoms with van der Waals surface area (Å²) in [4.78, 5) is 4.13. The first-order valence-corrected chi connectivity index (χ1v) is 9.21. The van der Waals surface area contributed by atoms with Crippen LogP contribution in [0.3, 0.4) is 0 Å². The van der Waals surface area contributed by atoms with E-state index in [1.807, 2.05) is 25.1 Å². The molecule has 0 aromatic heterocycles. The minimum atomic E-state index is -4.13. The van der Waals surface area contributed by atoms with E-state index in [0.717, 1.165) is 5.56 Å². The molecule has 28 heavy (non-hydrogen) atoms. The number of guanidine groups is 1. The van der Waals surface area contributed by atoms with Gasteiger partial charge in [-0.25, -0.2) is 0 Å². The zero-order chi connectivity index (χ0) is 19.9. The highest BCUT2D eigenvalue weighted by Gasteiger charge is 2.42. The van der Waals surface area contributed by atoms with E-state index in [0.29, 0.717) is 43.5 Å². The monoisotopic (exact) mass is 515 g/mol. The smallest absolute Gasteiger partial charge is 0.391 e. The number of aliphatic imine (C=N–C) groups is 1. The van der Waals surface area contributed by atoms with Crippen molar-refractivity contribution < 1.29 is 22.6 Å². The number of rotatable bonds is 6. The lowest BCUT2D eigenvalue weighted by Gasteiger charge is -2.31. The summed E-state index contributed by atoms with van der Waals surface area (Å²) in [5.74, 6) is 0.569. The van der Waals surface area contributed by atoms with E-state index in [-0.39, 0.29) is 42.9 Å². The first-order valence-electron chi connectivity index (χ1n) is 9.21. The topological polar surface area (TPSA) is 54.9 Å². The van der Waals surface area contributed by atoms with Gasteiger partial charge in [-0.3, -0.25) is 4.99 Å². The molecule has 2 unspecified atom stereocenters. The Morgan fingerprint density at radius 1 is 1.25 bits per heavy atom. The molecule has 1 aromatic carbocycles. The highest BCUT2D eigenvalue weighted by molar-refractivity contribution is 14.0. The molecule has 1 aliphatic carbocycles. The second-order valence-corrected chi connectivity index (χ2v) is 6.59. The van der Waals surface area contributed by atoms with Crippen molar-refractivity contribution in [2.45, 2.75) is 51.4 Å². The molecular formula is C19H29F3IN3O2. The van der Waals surface area contributed by atoms with E-state index in [4.69, 9.17) is 9.47 Å². The molecule has 1 fully saturated rings. The third-order valence-electron chi connectivity index (χ3n) is 4.69. The predicted octanol–water partition coefficient (Wildman–Crippen LogP) is 4.50. The van der Waals surface area contributed by atoms with Crippen LogP contribution in [-0.4, -0.2) is 38.9 Å². The Bertz CT molecular complexity index is 641. The van der Waals surface area contributed by atoms with Gasteiger partial charge in [0, 0.05) is 19.6 Å². The Hall–Kier alpha value is -1.39. The Labute approximate surface area is 181 Å². The zero-order valence-electron chi connectivity index (χ0n) is 16.4. The average molecular weight is 515 g/mol. The van der Waals surface area contributed by atoms with Crippen LogP contribution >= 0.6 is 24.0 Å². The van der Waals surface area contributed by atoms with Gasteiger partial charge in [0.25, 0.3) is 0 Å². The Morgan fingerprint density at radius 2 is 2.00 bits per heavy atom. The number of benzene rings is 1. The highest BCUT2D eigenvalue weighted by Crippen LogP contribution is 2.37. The number of nitrogens with one attached hydrogen (secondary N) is 2. The summed E-state index contributed by atoms with van der Waals surface area (Å²) < 4.78 is 49.7. The maximum absolute atomic E-state index is 13.0. The number of halogens is 4. The molecule has 0 aliphatic heterocycles. The molecular weight excluding hydrogens is 486 g/mol. The third-order valence-corrected chi connectivity index (χ3v) is 4.69. The molecule has 2 atom stereocenters. The molecule has 2 N–H and O–H groups in total. The Kier molecular flexibility index (Phi) is 10.2. The summed E-state index contributed by atoms with van der Waals surface area (Å²) in [6.45, 7) is 2.90. The summed E-state index contributed by atoms with van der Waals surface area (Å²) >= 11 is 0. The fraction of sp³-hybridized carbons (Fsp3) is 0.632. The van der Waals surface area contributed by atoms with Gasteiger partial charge in [-0.1, -0.05) is 12.5 Å². The van der Waals surface area contributed by atoms with Crippen LogP contribution < -0.4 is 20.1 Å². The number of hydrogen-bond donors (Lipinski definition) is 2. The van der Waals surface area contributed by atoms with E-state index in [1.165, 1.54) is 0 Å². The normalized spacial score (nSPS) is 20.1. The van der Waals surface area contributed by atoms with Gasteiger partial charge in [0.1, 0.15) is 0 Å². The van der Waals surface area contributed by atoms with Gasteiger partial charge < -0.3 is 20.1 Å². The van der Waals surface area contributed by atoms with Gasteiger partial charge >= 0.3 is 6.18 Å². The van der Waals surface area contributed by atoms with Crippen molar-refractivity contribution in [3.8, 4) is 11.5 Å². The minimum Gasteiger partial charge on any atom is -0.493 e. The standard InChI is InChI=1S/C19H28F3N3O2.HI/c1-4-27-17-10-13(8-9-16(17)26-3)12-24-18(23-2)25-15-7-5-6-14(11-15)19(20,21)22;/h8-10,14-15H,4-7,11-12H2,1-3H3,(H2,23,24,25);1H. The van der Waals surface area contributed by atoms with Crippen LogP contribution in [-0.2, 0) is 6.54 Å². The second kappa shape index (κ2) is 11.6. The molecule has 160 valence electrons. The highest BCUT2D eigenvalue weighted by atomic mass is 127. The number of nitrogens with zero attached hydrogens (tertiary/aromatic N) is 1. The lowest BCUT2D eigenvalue weighted by molar-refractivity contribution is -0.183. The summed E-state index contributed by atoms with van der Waals surface area (Å²) in [5, 5.41) is 6.28. The first-order chi connectivity index (χ1) is 12.9. The van der Waals surface area contributed by atoms with Gasteiger partial charge in [-0.2, -0.15) is 13.2 Å². The van der Waals surface area contributed by atoms with Crippen LogP contribution in [0, 0.1) is 5.92 Å². The van der Waals surface area contributed by atoms with Gasteiger partial charge in [-0.15, -0.1) is 24.0 Å². The molecule has 1 aromatic rings. The number of alkyl halides is 3. The predicted molar refractivity (Wildman–Crippen MR) is 115 cm³/mol. The molecule has 5 nitrogen and oxygen atoms in total. The molecule has 0 heterocycles. The van der Waals surface area contributed by atoms with Gasteiger partial charge in [0.2, 0.25) is 0 Å². The summed E-state index contributed by atoms with van der Waals surface area (Å²) in [7, 11) is 3.19.